The predicted octanol–water partition coefficient (Wildman–Crippen LogP) is 2.32. The third-order valence-electron chi connectivity index (χ3n) is 2.94. The summed E-state index contributed by atoms with van der Waals surface area (Å²) >= 11 is 4.89. The molecule has 1 rings (SSSR count). The maximum atomic E-state index is 13.5. The average Bonchev–Trinajstić information content (AvgIpc) is 2.33. The minimum absolute atomic E-state index is 0.216. The Morgan fingerprint density at radius 2 is 2.11 bits per heavy atom. The van der Waals surface area contributed by atoms with Crippen LogP contribution in [0.5, 0.6) is 0 Å². The van der Waals surface area contributed by atoms with E-state index in [1.165, 1.54) is 12.1 Å². The molecule has 2 N–H and O–H groups in total. The first-order chi connectivity index (χ1) is 8.93. The Hall–Kier alpha value is -1.04. The van der Waals surface area contributed by atoms with Crippen molar-refractivity contribution in [1.29, 1.82) is 0 Å². The second kappa shape index (κ2) is 7.53. The zero-order chi connectivity index (χ0) is 14.4. The van der Waals surface area contributed by atoms with Gasteiger partial charge in [0.15, 0.2) is 0 Å². The van der Waals surface area contributed by atoms with Gasteiger partial charge in [0.05, 0.1) is 6.61 Å². The molecule has 0 spiro atoms. The smallest absolute Gasteiger partial charge is 0.124 e. The van der Waals surface area contributed by atoms with Crippen LogP contribution in [0.2, 0.25) is 0 Å². The highest BCUT2D eigenvalue weighted by atomic mass is 32.1. The van der Waals surface area contributed by atoms with E-state index in [2.05, 4.69) is 18.7 Å². The lowest BCUT2D eigenvalue weighted by molar-refractivity contribution is 0.125. The first-order valence-corrected chi connectivity index (χ1v) is 6.67. The van der Waals surface area contributed by atoms with Crippen molar-refractivity contribution in [2.75, 3.05) is 20.3 Å². The summed E-state index contributed by atoms with van der Waals surface area (Å²) in [5, 5.41) is 0. The molecule has 0 saturated carbocycles. The first-order valence-electron chi connectivity index (χ1n) is 6.26. The number of thiocarbonyl (C=S) groups is 1. The van der Waals surface area contributed by atoms with Crippen LogP contribution in [0.3, 0.4) is 0 Å². The fourth-order valence-electron chi connectivity index (χ4n) is 1.85. The second-order valence-electron chi connectivity index (χ2n) is 4.77. The average molecular weight is 284 g/mol. The van der Waals surface area contributed by atoms with Crippen LogP contribution in [0.1, 0.15) is 25.0 Å². The van der Waals surface area contributed by atoms with Crippen molar-refractivity contribution in [1.82, 2.24) is 4.90 Å². The Bertz CT molecular complexity index is 437. The lowest BCUT2D eigenvalue weighted by Crippen LogP contribution is -2.33. The van der Waals surface area contributed by atoms with E-state index in [4.69, 9.17) is 22.7 Å². The summed E-state index contributed by atoms with van der Waals surface area (Å²) in [5.41, 5.74) is 6.99. The molecule has 1 aromatic carbocycles. The van der Waals surface area contributed by atoms with E-state index in [-0.39, 0.29) is 10.8 Å². The van der Waals surface area contributed by atoms with Crippen molar-refractivity contribution in [2.24, 2.45) is 5.73 Å². The molecule has 0 bridgehead atoms. The summed E-state index contributed by atoms with van der Waals surface area (Å²) in [6, 6.07) is 5.07. The van der Waals surface area contributed by atoms with Gasteiger partial charge in [0.2, 0.25) is 0 Å². The monoisotopic (exact) mass is 284 g/mol. The van der Waals surface area contributed by atoms with Gasteiger partial charge in [-0.2, -0.15) is 0 Å². The molecule has 106 valence electrons. The molecule has 3 nitrogen and oxygen atoms in total. The summed E-state index contributed by atoms with van der Waals surface area (Å²) in [7, 11) is 1.67. The molecular weight excluding hydrogens is 263 g/mol. The molecular formula is C14H21FN2OS. The number of benzene rings is 1. The number of nitrogens with two attached hydrogens (primary N) is 1. The third-order valence-corrected chi connectivity index (χ3v) is 3.18. The number of halogens is 1. The lowest BCUT2D eigenvalue weighted by Gasteiger charge is -2.26. The van der Waals surface area contributed by atoms with E-state index in [0.717, 1.165) is 12.1 Å². The van der Waals surface area contributed by atoms with Crippen molar-refractivity contribution in [2.45, 2.75) is 26.4 Å². The Kier molecular flexibility index (Phi) is 6.34. The van der Waals surface area contributed by atoms with Crippen LogP contribution in [0, 0.1) is 5.82 Å². The number of methoxy groups -OCH3 is 1. The quantitative estimate of drug-likeness (QED) is 0.780. The number of ether oxygens (including phenoxy) is 1. The molecule has 19 heavy (non-hydrogen) atoms. The van der Waals surface area contributed by atoms with Crippen LogP contribution in [-0.4, -0.2) is 36.2 Å². The largest absolute Gasteiger partial charge is 0.389 e. The second-order valence-corrected chi connectivity index (χ2v) is 5.21. The van der Waals surface area contributed by atoms with Gasteiger partial charge in [-0.1, -0.05) is 12.2 Å². The van der Waals surface area contributed by atoms with E-state index >= 15 is 0 Å². The summed E-state index contributed by atoms with van der Waals surface area (Å²) in [5.74, 6) is -0.309. The molecule has 0 saturated heterocycles. The van der Waals surface area contributed by atoms with Crippen LogP contribution < -0.4 is 5.73 Å². The molecule has 0 aliphatic carbocycles. The van der Waals surface area contributed by atoms with Gasteiger partial charge in [-0.25, -0.2) is 4.39 Å². The molecule has 0 aliphatic heterocycles. The van der Waals surface area contributed by atoms with Gasteiger partial charge < -0.3 is 10.5 Å². The molecule has 5 heteroatoms. The van der Waals surface area contributed by atoms with Crippen LogP contribution in [0.25, 0.3) is 0 Å². The standard InChI is InChI=1S/C14H21FN2OS/c1-10(2)17(4-5-18-3)9-11-6-12(14(16)19)8-13(15)7-11/h6-8,10H,4-5,9H2,1-3H3,(H2,16,19). The summed E-state index contributed by atoms with van der Waals surface area (Å²) < 4.78 is 18.6. The fourth-order valence-corrected chi connectivity index (χ4v) is 1.96. The molecule has 0 aliphatic rings. The van der Waals surface area contributed by atoms with Gasteiger partial charge in [0.25, 0.3) is 0 Å². The number of hydrogen-bond acceptors (Lipinski definition) is 3. The van der Waals surface area contributed by atoms with Crippen molar-refractivity contribution < 1.29 is 9.13 Å². The maximum absolute atomic E-state index is 13.5. The third kappa shape index (κ3) is 5.22. The van der Waals surface area contributed by atoms with E-state index < -0.39 is 0 Å². The Balaban J connectivity index is 2.86. The van der Waals surface area contributed by atoms with Gasteiger partial charge in [0, 0.05) is 31.8 Å². The molecule has 0 atom stereocenters. The van der Waals surface area contributed by atoms with Crippen molar-refractivity contribution >= 4 is 17.2 Å². The first kappa shape index (κ1) is 16.0. The van der Waals surface area contributed by atoms with Crippen LogP contribution in [0.4, 0.5) is 4.39 Å². The summed E-state index contributed by atoms with van der Waals surface area (Å²) in [4.78, 5) is 2.43. The van der Waals surface area contributed by atoms with Gasteiger partial charge in [-0.3, -0.25) is 4.90 Å². The number of nitrogens with zero attached hydrogens (tertiary/aromatic N) is 1. The Morgan fingerprint density at radius 3 is 2.63 bits per heavy atom. The minimum Gasteiger partial charge on any atom is -0.389 e. The van der Waals surface area contributed by atoms with E-state index in [1.54, 1.807) is 7.11 Å². The SMILES string of the molecule is COCCN(Cc1cc(F)cc(C(N)=S)c1)C(C)C. The van der Waals surface area contributed by atoms with E-state index in [0.29, 0.717) is 24.8 Å². The highest BCUT2D eigenvalue weighted by molar-refractivity contribution is 7.80. The molecule has 0 radical (unpaired) electrons. The molecule has 0 unspecified atom stereocenters. The van der Waals surface area contributed by atoms with E-state index in [1.807, 2.05) is 6.07 Å². The van der Waals surface area contributed by atoms with Gasteiger partial charge >= 0.3 is 0 Å². The van der Waals surface area contributed by atoms with Gasteiger partial charge in [0.1, 0.15) is 10.8 Å². The van der Waals surface area contributed by atoms with Crippen molar-refractivity contribution in [3.63, 3.8) is 0 Å². The zero-order valence-electron chi connectivity index (χ0n) is 11.6. The van der Waals surface area contributed by atoms with Crippen LogP contribution in [-0.2, 0) is 11.3 Å². The predicted molar refractivity (Wildman–Crippen MR) is 79.7 cm³/mol. The Morgan fingerprint density at radius 1 is 1.42 bits per heavy atom. The highest BCUT2D eigenvalue weighted by Gasteiger charge is 2.11. The Labute approximate surface area is 119 Å². The topological polar surface area (TPSA) is 38.5 Å². The minimum atomic E-state index is -0.309. The highest BCUT2D eigenvalue weighted by Crippen LogP contribution is 2.13. The number of hydrogen-bond donors (Lipinski definition) is 1. The van der Waals surface area contributed by atoms with Crippen molar-refractivity contribution in [3.8, 4) is 0 Å². The molecule has 0 fully saturated rings. The molecule has 0 heterocycles. The zero-order valence-corrected chi connectivity index (χ0v) is 12.5. The van der Waals surface area contributed by atoms with E-state index in [9.17, 15) is 4.39 Å². The lowest BCUT2D eigenvalue weighted by atomic mass is 10.1. The maximum Gasteiger partial charge on any atom is 0.124 e. The molecule has 1 aromatic rings. The van der Waals surface area contributed by atoms with Gasteiger partial charge in [-0.05, 0) is 37.6 Å². The van der Waals surface area contributed by atoms with Crippen LogP contribution in [0.15, 0.2) is 18.2 Å². The van der Waals surface area contributed by atoms with Crippen molar-refractivity contribution in [3.05, 3.63) is 35.1 Å². The molecule has 0 amide bonds. The summed E-state index contributed by atoms with van der Waals surface area (Å²) in [6.07, 6.45) is 0. The molecule has 0 aromatic heterocycles. The van der Waals surface area contributed by atoms with Gasteiger partial charge in [-0.15, -0.1) is 0 Å². The fraction of sp³-hybridized carbons (Fsp3) is 0.500. The number of rotatable bonds is 7. The normalized spacial score (nSPS) is 11.3. The van der Waals surface area contributed by atoms with Crippen LogP contribution >= 0.6 is 12.2 Å². The summed E-state index contributed by atoms with van der Waals surface area (Å²) in [6.45, 7) is 6.30.